The lowest BCUT2D eigenvalue weighted by Crippen LogP contribution is -2.34. The van der Waals surface area contributed by atoms with E-state index in [1.165, 1.54) is 17.0 Å². The SMILES string of the molecule is CCCC1(CO)CCN(C(=O)c2ccc(C(=O)O)cc2F)C1. The van der Waals surface area contributed by atoms with Gasteiger partial charge >= 0.3 is 5.97 Å². The number of aliphatic hydroxyl groups is 1. The summed E-state index contributed by atoms with van der Waals surface area (Å²) in [5, 5.41) is 18.4. The molecule has 1 saturated heterocycles. The minimum Gasteiger partial charge on any atom is -0.478 e. The molecule has 1 unspecified atom stereocenters. The summed E-state index contributed by atoms with van der Waals surface area (Å²) in [6.45, 7) is 2.90. The van der Waals surface area contributed by atoms with Crippen LogP contribution in [0.4, 0.5) is 4.39 Å². The highest BCUT2D eigenvalue weighted by molar-refractivity contribution is 5.96. The van der Waals surface area contributed by atoms with Crippen molar-refractivity contribution in [1.82, 2.24) is 4.90 Å². The second kappa shape index (κ2) is 6.44. The van der Waals surface area contributed by atoms with Crippen LogP contribution in [0.3, 0.4) is 0 Å². The number of nitrogens with zero attached hydrogens (tertiary/aromatic N) is 1. The van der Waals surface area contributed by atoms with Gasteiger partial charge in [-0.25, -0.2) is 9.18 Å². The molecule has 1 heterocycles. The van der Waals surface area contributed by atoms with Crippen LogP contribution in [0.25, 0.3) is 0 Å². The van der Waals surface area contributed by atoms with Gasteiger partial charge in [-0.3, -0.25) is 4.79 Å². The number of carbonyl (C=O) groups excluding carboxylic acids is 1. The Hall–Kier alpha value is -1.95. The predicted octanol–water partition coefficient (Wildman–Crippen LogP) is 2.15. The van der Waals surface area contributed by atoms with E-state index in [1.54, 1.807) is 0 Å². The van der Waals surface area contributed by atoms with Crippen molar-refractivity contribution in [2.75, 3.05) is 19.7 Å². The van der Waals surface area contributed by atoms with E-state index in [-0.39, 0.29) is 23.1 Å². The van der Waals surface area contributed by atoms with Gasteiger partial charge in [0.1, 0.15) is 5.82 Å². The number of hydrogen-bond donors (Lipinski definition) is 2. The molecule has 0 aromatic heterocycles. The van der Waals surface area contributed by atoms with Gasteiger partial charge in [0.25, 0.3) is 5.91 Å². The summed E-state index contributed by atoms with van der Waals surface area (Å²) < 4.78 is 14.0. The van der Waals surface area contributed by atoms with Gasteiger partial charge in [-0.15, -0.1) is 0 Å². The number of aliphatic hydroxyl groups excluding tert-OH is 1. The molecule has 1 aromatic rings. The second-order valence-corrected chi connectivity index (χ2v) is 5.88. The van der Waals surface area contributed by atoms with Gasteiger partial charge in [-0.2, -0.15) is 0 Å². The van der Waals surface area contributed by atoms with Gasteiger partial charge in [-0.1, -0.05) is 13.3 Å². The van der Waals surface area contributed by atoms with Crippen LogP contribution in [-0.2, 0) is 0 Å². The van der Waals surface area contributed by atoms with Crippen molar-refractivity contribution >= 4 is 11.9 Å². The van der Waals surface area contributed by atoms with Crippen LogP contribution in [-0.4, -0.2) is 46.7 Å². The van der Waals surface area contributed by atoms with Gasteiger partial charge < -0.3 is 15.1 Å². The van der Waals surface area contributed by atoms with Gasteiger partial charge in [0.2, 0.25) is 0 Å². The maximum absolute atomic E-state index is 14.0. The number of likely N-dealkylation sites (tertiary alicyclic amines) is 1. The monoisotopic (exact) mass is 309 g/mol. The first kappa shape index (κ1) is 16.4. The molecule has 1 fully saturated rings. The number of benzene rings is 1. The van der Waals surface area contributed by atoms with Crippen molar-refractivity contribution in [2.45, 2.75) is 26.2 Å². The molecule has 2 N–H and O–H groups in total. The van der Waals surface area contributed by atoms with Crippen LogP contribution < -0.4 is 0 Å². The Labute approximate surface area is 128 Å². The molecular formula is C16H20FNO4. The summed E-state index contributed by atoms with van der Waals surface area (Å²) in [5.74, 6) is -2.52. The average molecular weight is 309 g/mol. The highest BCUT2D eigenvalue weighted by atomic mass is 19.1. The van der Waals surface area contributed by atoms with Crippen LogP contribution in [0.2, 0.25) is 0 Å². The number of rotatable bonds is 5. The maximum atomic E-state index is 14.0. The fourth-order valence-corrected chi connectivity index (χ4v) is 3.04. The van der Waals surface area contributed by atoms with Crippen LogP contribution >= 0.6 is 0 Å². The summed E-state index contributed by atoms with van der Waals surface area (Å²) >= 11 is 0. The number of amides is 1. The molecule has 22 heavy (non-hydrogen) atoms. The smallest absolute Gasteiger partial charge is 0.335 e. The highest BCUT2D eigenvalue weighted by Crippen LogP contribution is 2.35. The Morgan fingerprint density at radius 1 is 1.41 bits per heavy atom. The number of carbonyl (C=O) groups is 2. The molecule has 2 rings (SSSR count). The summed E-state index contributed by atoms with van der Waals surface area (Å²) in [6.07, 6.45) is 2.41. The summed E-state index contributed by atoms with van der Waals surface area (Å²) in [5.41, 5.74) is -0.622. The molecule has 0 spiro atoms. The van der Waals surface area contributed by atoms with Crippen molar-refractivity contribution < 1.29 is 24.2 Å². The number of hydrogen-bond acceptors (Lipinski definition) is 3. The molecule has 0 radical (unpaired) electrons. The van der Waals surface area contributed by atoms with Gasteiger partial charge in [-0.05, 0) is 31.0 Å². The van der Waals surface area contributed by atoms with Crippen molar-refractivity contribution in [3.05, 3.63) is 35.1 Å². The summed E-state index contributed by atoms with van der Waals surface area (Å²) in [4.78, 5) is 24.7. The lowest BCUT2D eigenvalue weighted by atomic mass is 9.83. The molecule has 0 bridgehead atoms. The molecule has 1 amide bonds. The normalized spacial score (nSPS) is 21.1. The van der Waals surface area contributed by atoms with Crippen LogP contribution in [0.1, 0.15) is 46.9 Å². The van der Waals surface area contributed by atoms with Gasteiger partial charge in [0.05, 0.1) is 17.7 Å². The Morgan fingerprint density at radius 2 is 2.14 bits per heavy atom. The van der Waals surface area contributed by atoms with Crippen molar-refractivity contribution in [2.24, 2.45) is 5.41 Å². The van der Waals surface area contributed by atoms with Crippen LogP contribution in [0, 0.1) is 11.2 Å². The Balaban J connectivity index is 2.18. The van der Waals surface area contributed by atoms with E-state index >= 15 is 0 Å². The second-order valence-electron chi connectivity index (χ2n) is 5.88. The number of aromatic carboxylic acids is 1. The van der Waals surface area contributed by atoms with Crippen LogP contribution in [0.5, 0.6) is 0 Å². The van der Waals surface area contributed by atoms with Crippen molar-refractivity contribution in [1.29, 1.82) is 0 Å². The molecule has 5 nitrogen and oxygen atoms in total. The molecular weight excluding hydrogens is 289 g/mol. The van der Waals surface area contributed by atoms with E-state index in [2.05, 4.69) is 0 Å². The zero-order chi connectivity index (χ0) is 16.3. The maximum Gasteiger partial charge on any atom is 0.335 e. The highest BCUT2D eigenvalue weighted by Gasteiger charge is 2.39. The molecule has 1 atom stereocenters. The minimum absolute atomic E-state index is 0.00501. The average Bonchev–Trinajstić information content (AvgIpc) is 2.91. The quantitative estimate of drug-likeness (QED) is 0.873. The third-order valence-electron chi connectivity index (χ3n) is 4.29. The largest absolute Gasteiger partial charge is 0.478 e. The van der Waals surface area contributed by atoms with Crippen LogP contribution in [0.15, 0.2) is 18.2 Å². The molecule has 1 aromatic carbocycles. The molecule has 1 aliphatic heterocycles. The summed E-state index contributed by atoms with van der Waals surface area (Å²) in [6, 6.07) is 3.29. The van der Waals surface area contributed by atoms with E-state index in [4.69, 9.17) is 5.11 Å². The lowest BCUT2D eigenvalue weighted by molar-refractivity contribution is 0.0690. The molecule has 0 aliphatic carbocycles. The van der Waals surface area contributed by atoms with E-state index in [1.807, 2.05) is 6.92 Å². The first-order chi connectivity index (χ1) is 10.4. The Bertz CT molecular complexity index is 590. The Morgan fingerprint density at radius 3 is 2.68 bits per heavy atom. The molecule has 120 valence electrons. The third kappa shape index (κ3) is 3.11. The van der Waals surface area contributed by atoms with Crippen molar-refractivity contribution in [3.8, 4) is 0 Å². The van der Waals surface area contributed by atoms with Gasteiger partial charge in [0, 0.05) is 18.5 Å². The molecule has 1 aliphatic rings. The lowest BCUT2D eigenvalue weighted by Gasteiger charge is -2.26. The van der Waals surface area contributed by atoms with E-state index in [9.17, 15) is 19.1 Å². The van der Waals surface area contributed by atoms with Gasteiger partial charge in [0.15, 0.2) is 0 Å². The first-order valence-corrected chi connectivity index (χ1v) is 7.35. The predicted molar refractivity (Wildman–Crippen MR) is 78.3 cm³/mol. The standard InChI is InChI=1S/C16H20FNO4/c1-2-5-16(10-19)6-7-18(9-16)14(20)12-4-3-11(15(21)22)8-13(12)17/h3-4,8,19H,2,5-7,9-10H2,1H3,(H,21,22). The topological polar surface area (TPSA) is 77.8 Å². The minimum atomic E-state index is -1.23. The van der Waals surface area contributed by atoms with E-state index in [0.29, 0.717) is 19.5 Å². The first-order valence-electron chi connectivity index (χ1n) is 7.35. The number of halogens is 1. The number of carboxylic acid groups (broad SMARTS) is 1. The Kier molecular flexibility index (Phi) is 4.81. The van der Waals surface area contributed by atoms with Crippen molar-refractivity contribution in [3.63, 3.8) is 0 Å². The number of carboxylic acids is 1. The zero-order valence-corrected chi connectivity index (χ0v) is 12.5. The fourth-order valence-electron chi connectivity index (χ4n) is 3.04. The zero-order valence-electron chi connectivity index (χ0n) is 12.5. The molecule has 6 heteroatoms. The fraction of sp³-hybridized carbons (Fsp3) is 0.500. The van der Waals surface area contributed by atoms with E-state index in [0.717, 1.165) is 18.9 Å². The third-order valence-corrected chi connectivity index (χ3v) is 4.29. The summed E-state index contributed by atoms with van der Waals surface area (Å²) in [7, 11) is 0. The molecule has 0 saturated carbocycles. The van der Waals surface area contributed by atoms with E-state index < -0.39 is 17.7 Å².